The second-order valence-electron chi connectivity index (χ2n) is 10.5. The number of ketones is 2. The van der Waals surface area contributed by atoms with E-state index in [0.717, 1.165) is 6.42 Å². The van der Waals surface area contributed by atoms with Crippen molar-refractivity contribution in [3.8, 4) is 0 Å². The molecule has 2 N–H and O–H groups in total. The second-order valence-corrected chi connectivity index (χ2v) is 10.5. The molecule has 1 aliphatic heterocycles. The van der Waals surface area contributed by atoms with Gasteiger partial charge in [0.1, 0.15) is 6.61 Å². The van der Waals surface area contributed by atoms with Gasteiger partial charge in [-0.2, -0.15) is 0 Å². The summed E-state index contributed by atoms with van der Waals surface area (Å²) in [6.07, 6.45) is 3.53. The number of fused-ring (bicyclic) bond motifs is 7. The molecule has 1 unspecified atom stereocenters. The molecule has 3 saturated carbocycles. The zero-order valence-corrected chi connectivity index (χ0v) is 18.5. The third kappa shape index (κ3) is 2.65. The molecule has 0 aromatic rings. The van der Waals surface area contributed by atoms with Gasteiger partial charge in [-0.1, -0.05) is 38.8 Å². The van der Waals surface area contributed by atoms with Gasteiger partial charge in [0.25, 0.3) is 0 Å². The average Bonchev–Trinajstić information content (AvgIpc) is 3.23. The van der Waals surface area contributed by atoms with Crippen molar-refractivity contribution >= 4 is 11.6 Å². The Labute approximate surface area is 186 Å². The molecular formula is C25H34O6. The lowest BCUT2D eigenvalue weighted by molar-refractivity contribution is -0.200. The van der Waals surface area contributed by atoms with E-state index in [2.05, 4.69) is 0 Å². The third-order valence-electron chi connectivity index (χ3n) is 9.17. The number of ether oxygens (including phenoxy) is 2. The van der Waals surface area contributed by atoms with E-state index in [1.807, 2.05) is 20.8 Å². The predicted molar refractivity (Wildman–Crippen MR) is 113 cm³/mol. The normalized spacial score (nSPS) is 51.9. The molecule has 170 valence electrons. The Morgan fingerprint density at radius 1 is 1.39 bits per heavy atom. The molecule has 1 saturated heterocycles. The van der Waals surface area contributed by atoms with Crippen molar-refractivity contribution in [3.05, 3.63) is 23.8 Å². The van der Waals surface area contributed by atoms with Crippen LogP contribution in [0.5, 0.6) is 0 Å². The Hall–Kier alpha value is -1.34. The predicted octanol–water partition coefficient (Wildman–Crippen LogP) is 2.72. The minimum atomic E-state index is -1.28. The topological polar surface area (TPSA) is 93.1 Å². The lowest BCUT2D eigenvalue weighted by Gasteiger charge is -2.59. The first-order valence-corrected chi connectivity index (χ1v) is 11.6. The molecule has 0 bridgehead atoms. The maximum Gasteiger partial charge on any atom is 0.193 e. The molecule has 1 heterocycles. The first-order chi connectivity index (χ1) is 15.5. The van der Waals surface area contributed by atoms with Gasteiger partial charge in [-0.3, -0.25) is 9.59 Å². The number of aliphatic hydroxyl groups is 2. The van der Waals surface area contributed by atoms with E-state index in [-0.39, 0.29) is 35.6 Å². The van der Waals surface area contributed by atoms with Crippen LogP contribution >= 0.6 is 0 Å². The summed E-state index contributed by atoms with van der Waals surface area (Å²) >= 11 is 0. The lowest BCUT2D eigenvalue weighted by Crippen LogP contribution is -2.63. The highest BCUT2D eigenvalue weighted by molar-refractivity contribution is 6.01. The number of hydrogen-bond donors (Lipinski definition) is 2. The molecule has 0 aromatic carbocycles. The van der Waals surface area contributed by atoms with E-state index in [0.29, 0.717) is 37.7 Å². The van der Waals surface area contributed by atoms with Gasteiger partial charge in [0, 0.05) is 16.7 Å². The van der Waals surface area contributed by atoms with Crippen LogP contribution in [0.15, 0.2) is 23.8 Å². The highest BCUT2D eigenvalue weighted by atomic mass is 16.7. The Morgan fingerprint density at radius 3 is 2.87 bits per heavy atom. The molecule has 9 atom stereocenters. The fourth-order valence-corrected chi connectivity index (χ4v) is 7.95. The van der Waals surface area contributed by atoms with E-state index in [1.54, 1.807) is 6.08 Å². The first-order valence-electron chi connectivity index (χ1n) is 12.6. The standard InChI is InChI=1S/C25H34O6/c1-4-5-21-30-20-11-17-16-7-6-14-10-15(27)8-9-23(14,2)22(16)18(28)12-24(17,3)25(20,31-21)19(29)13-26/h8-10,16-18,20-22,26,28H,4-7,11-13H2,1-3H3/t16-,17-,18-,20+,21?,22+,23-,24-,25+/m0/s1/i8D,10D. The number of Topliss-reactive ketones (excluding diaryl/α,β-unsaturated/α-hetero) is 1. The Kier molecular flexibility index (Phi) is 4.37. The second kappa shape index (κ2) is 7.08. The van der Waals surface area contributed by atoms with Gasteiger partial charge >= 0.3 is 0 Å². The highest BCUT2D eigenvalue weighted by Gasteiger charge is 2.75. The molecule has 6 nitrogen and oxygen atoms in total. The Bertz CT molecular complexity index is 961. The summed E-state index contributed by atoms with van der Waals surface area (Å²) in [5.41, 5.74) is -2.03. The van der Waals surface area contributed by atoms with Crippen molar-refractivity contribution in [2.45, 2.75) is 83.4 Å². The molecular weight excluding hydrogens is 396 g/mol. The SMILES string of the molecule is [2H]C1=C[C@@]2(C)C(=C([2H])C1=O)CC[C@@H]1[C@@H]2[C@@H](O)C[C@@]2(C)[C@H]1C[C@H]1OC(CCC)O[C@]12C(=O)CO. The molecule has 4 fully saturated rings. The van der Waals surface area contributed by atoms with Crippen LogP contribution in [-0.2, 0) is 19.1 Å². The van der Waals surface area contributed by atoms with Crippen LogP contribution in [-0.4, -0.2) is 52.5 Å². The van der Waals surface area contributed by atoms with E-state index >= 15 is 0 Å². The Morgan fingerprint density at radius 2 is 2.16 bits per heavy atom. The molecule has 31 heavy (non-hydrogen) atoms. The zero-order chi connectivity index (χ0) is 23.9. The minimum absolute atomic E-state index is 0.0155. The van der Waals surface area contributed by atoms with Crippen molar-refractivity contribution in [2.75, 3.05) is 6.61 Å². The summed E-state index contributed by atoms with van der Waals surface area (Å²) in [4.78, 5) is 25.6. The number of allylic oxidation sites excluding steroid dienone is 4. The summed E-state index contributed by atoms with van der Waals surface area (Å²) in [6.45, 7) is 5.33. The summed E-state index contributed by atoms with van der Waals surface area (Å²) in [7, 11) is 0. The van der Waals surface area contributed by atoms with Gasteiger partial charge in [-0.15, -0.1) is 0 Å². The van der Waals surface area contributed by atoms with Crippen molar-refractivity contribution < 1.29 is 32.0 Å². The van der Waals surface area contributed by atoms with E-state index in [4.69, 9.17) is 12.2 Å². The molecule has 4 aliphatic carbocycles. The van der Waals surface area contributed by atoms with Gasteiger partial charge in [0.05, 0.1) is 14.9 Å². The monoisotopic (exact) mass is 432 g/mol. The Balaban J connectivity index is 1.58. The average molecular weight is 433 g/mol. The zero-order valence-electron chi connectivity index (χ0n) is 20.5. The summed E-state index contributed by atoms with van der Waals surface area (Å²) in [6, 6.07) is -0.287. The van der Waals surface area contributed by atoms with Crippen molar-refractivity contribution in [3.63, 3.8) is 0 Å². The lowest BCUT2D eigenvalue weighted by atomic mass is 9.46. The highest BCUT2D eigenvalue weighted by Crippen LogP contribution is 2.69. The summed E-state index contributed by atoms with van der Waals surface area (Å²) in [5, 5.41) is 21.5. The van der Waals surface area contributed by atoms with Gasteiger partial charge in [0.15, 0.2) is 23.5 Å². The number of carbonyl (C=O) groups excluding carboxylic acids is 2. The minimum Gasteiger partial charge on any atom is -0.393 e. The molecule has 6 heteroatoms. The van der Waals surface area contributed by atoms with Crippen LogP contribution in [0.4, 0.5) is 0 Å². The van der Waals surface area contributed by atoms with Crippen LogP contribution in [0.25, 0.3) is 0 Å². The summed E-state index contributed by atoms with van der Waals surface area (Å²) in [5.74, 6) is -1.16. The maximum absolute atomic E-state index is 13.3. The molecule has 0 amide bonds. The van der Waals surface area contributed by atoms with Gasteiger partial charge in [-0.25, -0.2) is 0 Å². The van der Waals surface area contributed by atoms with Crippen LogP contribution in [0.2, 0.25) is 0 Å². The van der Waals surface area contributed by atoms with Gasteiger partial charge < -0.3 is 19.7 Å². The van der Waals surface area contributed by atoms with Crippen molar-refractivity contribution in [2.24, 2.45) is 28.6 Å². The van der Waals surface area contributed by atoms with Crippen molar-refractivity contribution in [1.29, 1.82) is 0 Å². The number of hydrogen-bond acceptors (Lipinski definition) is 6. The smallest absolute Gasteiger partial charge is 0.193 e. The van der Waals surface area contributed by atoms with E-state index < -0.39 is 47.3 Å². The summed E-state index contributed by atoms with van der Waals surface area (Å²) < 4.78 is 29.1. The third-order valence-corrected chi connectivity index (χ3v) is 9.17. The van der Waals surface area contributed by atoms with Gasteiger partial charge in [0.2, 0.25) is 0 Å². The van der Waals surface area contributed by atoms with Crippen LogP contribution in [0, 0.1) is 28.6 Å². The van der Waals surface area contributed by atoms with E-state index in [9.17, 15) is 19.8 Å². The molecule has 5 rings (SSSR count). The van der Waals surface area contributed by atoms with Crippen molar-refractivity contribution in [1.82, 2.24) is 0 Å². The largest absolute Gasteiger partial charge is 0.393 e. The van der Waals surface area contributed by atoms with Crippen LogP contribution < -0.4 is 0 Å². The fourth-order valence-electron chi connectivity index (χ4n) is 7.95. The number of carbonyl (C=O) groups is 2. The molecule has 0 aromatic heterocycles. The molecule has 0 radical (unpaired) electrons. The number of aliphatic hydroxyl groups excluding tert-OH is 2. The van der Waals surface area contributed by atoms with Gasteiger partial charge in [-0.05, 0) is 56.0 Å². The molecule has 5 aliphatic rings. The first kappa shape index (κ1) is 19.2. The van der Waals surface area contributed by atoms with Crippen LogP contribution in [0.1, 0.15) is 62.0 Å². The number of rotatable bonds is 4. The fraction of sp³-hybridized carbons (Fsp3) is 0.760. The molecule has 0 spiro atoms. The maximum atomic E-state index is 13.3. The van der Waals surface area contributed by atoms with Crippen LogP contribution in [0.3, 0.4) is 0 Å². The van der Waals surface area contributed by atoms with E-state index in [1.165, 1.54) is 0 Å². The quantitative estimate of drug-likeness (QED) is 0.710.